The Morgan fingerprint density at radius 3 is 2.76 bits per heavy atom. The van der Waals surface area contributed by atoms with Crippen molar-refractivity contribution in [2.75, 3.05) is 0 Å². The molecule has 5 heteroatoms. The molecule has 4 nitrogen and oxygen atoms in total. The third-order valence-corrected chi connectivity index (χ3v) is 4.35. The fraction of sp³-hybridized carbons (Fsp3) is 0.375. The van der Waals surface area contributed by atoms with E-state index in [9.17, 15) is 0 Å². The van der Waals surface area contributed by atoms with E-state index in [0.717, 1.165) is 36.8 Å². The molecule has 1 aliphatic carbocycles. The molecule has 2 N–H and O–H groups in total. The van der Waals surface area contributed by atoms with E-state index in [4.69, 9.17) is 21.9 Å². The quantitative estimate of drug-likeness (QED) is 0.930. The summed E-state index contributed by atoms with van der Waals surface area (Å²) in [6.07, 6.45) is 5.91. The molecule has 1 aliphatic rings. The maximum absolute atomic E-state index is 6.33. The molecule has 110 valence electrons. The van der Waals surface area contributed by atoms with E-state index in [2.05, 4.69) is 10.1 Å². The fourth-order valence-corrected chi connectivity index (χ4v) is 3.05. The molecular formula is C16H18ClN3O. The van der Waals surface area contributed by atoms with Gasteiger partial charge >= 0.3 is 0 Å². The van der Waals surface area contributed by atoms with Gasteiger partial charge in [0.25, 0.3) is 5.89 Å². The van der Waals surface area contributed by atoms with E-state index >= 15 is 0 Å². The zero-order valence-electron chi connectivity index (χ0n) is 12.0. The Morgan fingerprint density at radius 2 is 2.05 bits per heavy atom. The van der Waals surface area contributed by atoms with Gasteiger partial charge in [-0.1, -0.05) is 47.8 Å². The summed E-state index contributed by atoms with van der Waals surface area (Å²) in [6.45, 7) is 1.97. The zero-order chi connectivity index (χ0) is 14.9. The van der Waals surface area contributed by atoms with E-state index in [1.54, 1.807) is 0 Å². The number of nitrogens with zero attached hydrogens (tertiary/aromatic N) is 2. The highest BCUT2D eigenvalue weighted by atomic mass is 35.5. The number of rotatable bonds is 3. The van der Waals surface area contributed by atoms with Crippen LogP contribution >= 0.6 is 11.6 Å². The van der Waals surface area contributed by atoms with E-state index in [-0.39, 0.29) is 0 Å². The molecule has 0 atom stereocenters. The Morgan fingerprint density at radius 1 is 1.33 bits per heavy atom. The van der Waals surface area contributed by atoms with Gasteiger partial charge in [-0.15, -0.1) is 0 Å². The van der Waals surface area contributed by atoms with Gasteiger partial charge in [-0.25, -0.2) is 0 Å². The van der Waals surface area contributed by atoms with Gasteiger partial charge in [0, 0.05) is 11.1 Å². The van der Waals surface area contributed by atoms with Crippen LogP contribution < -0.4 is 5.73 Å². The number of hydrogen-bond donors (Lipinski definition) is 1. The van der Waals surface area contributed by atoms with Crippen molar-refractivity contribution in [2.45, 2.75) is 38.1 Å². The summed E-state index contributed by atoms with van der Waals surface area (Å²) in [5.74, 6) is 1.08. The van der Waals surface area contributed by atoms with Crippen LogP contribution in [0.25, 0.3) is 11.6 Å². The van der Waals surface area contributed by atoms with E-state index in [1.165, 1.54) is 0 Å². The Balaban J connectivity index is 1.87. The third-order valence-electron chi connectivity index (χ3n) is 4.02. The number of nitrogens with two attached hydrogens (primary N) is 1. The zero-order valence-corrected chi connectivity index (χ0v) is 12.7. The number of halogens is 1. The topological polar surface area (TPSA) is 64.9 Å². The highest BCUT2D eigenvalue weighted by Gasteiger charge is 2.35. The van der Waals surface area contributed by atoms with Gasteiger partial charge in [-0.2, -0.15) is 4.98 Å². The molecule has 2 aromatic rings. The van der Waals surface area contributed by atoms with Crippen molar-refractivity contribution in [3.8, 4) is 0 Å². The number of hydrogen-bond acceptors (Lipinski definition) is 4. The summed E-state index contributed by atoms with van der Waals surface area (Å²) in [6, 6.07) is 7.68. The standard InChI is InChI=1S/C16H18ClN3O/c1-11(12-6-2-3-7-13(12)17)10-14-19-15(20-21-14)16(18)8-4-5-9-16/h2-3,6-7,10H,4-5,8-9,18H2,1H3/b11-10-. The summed E-state index contributed by atoms with van der Waals surface area (Å²) >= 11 is 6.19. The van der Waals surface area contributed by atoms with Crippen molar-refractivity contribution in [3.63, 3.8) is 0 Å². The van der Waals surface area contributed by atoms with Gasteiger partial charge in [-0.3, -0.25) is 0 Å². The molecule has 1 saturated carbocycles. The second-order valence-corrected chi connectivity index (χ2v) is 6.03. The molecule has 0 radical (unpaired) electrons. The van der Waals surface area contributed by atoms with Crippen LogP contribution in [0.3, 0.4) is 0 Å². The smallest absolute Gasteiger partial charge is 0.250 e. The molecule has 1 aromatic heterocycles. The predicted octanol–water partition coefficient (Wildman–Crippen LogP) is 4.01. The average Bonchev–Trinajstić information content (AvgIpc) is 3.09. The summed E-state index contributed by atoms with van der Waals surface area (Å²) in [5.41, 5.74) is 7.85. The first-order valence-corrected chi connectivity index (χ1v) is 7.52. The maximum Gasteiger partial charge on any atom is 0.250 e. The molecular weight excluding hydrogens is 286 g/mol. The van der Waals surface area contributed by atoms with Crippen LogP contribution in [0.15, 0.2) is 28.8 Å². The minimum Gasteiger partial charge on any atom is -0.335 e. The lowest BCUT2D eigenvalue weighted by molar-refractivity contribution is 0.364. The van der Waals surface area contributed by atoms with Crippen LogP contribution in [-0.2, 0) is 5.54 Å². The Kier molecular flexibility index (Phi) is 3.83. The fourth-order valence-electron chi connectivity index (χ4n) is 2.77. The van der Waals surface area contributed by atoms with E-state index < -0.39 is 5.54 Å². The molecule has 1 aromatic carbocycles. The number of aromatic nitrogens is 2. The highest BCUT2D eigenvalue weighted by Crippen LogP contribution is 2.34. The van der Waals surface area contributed by atoms with Crippen molar-refractivity contribution < 1.29 is 4.52 Å². The summed E-state index contributed by atoms with van der Waals surface area (Å²) in [7, 11) is 0. The van der Waals surface area contributed by atoms with Gasteiger partial charge in [0.15, 0.2) is 5.82 Å². The van der Waals surface area contributed by atoms with Gasteiger partial charge in [-0.05, 0) is 37.0 Å². The van der Waals surface area contributed by atoms with Gasteiger partial charge < -0.3 is 10.3 Å². The lowest BCUT2D eigenvalue weighted by atomic mass is 9.99. The van der Waals surface area contributed by atoms with Crippen LogP contribution in [0.2, 0.25) is 5.02 Å². The SMILES string of the molecule is C/C(=C/c1nc(C2(N)CCCC2)no1)c1ccccc1Cl. The molecule has 1 fully saturated rings. The van der Waals surface area contributed by atoms with Crippen LogP contribution in [0.1, 0.15) is 49.9 Å². The maximum atomic E-state index is 6.33. The third kappa shape index (κ3) is 2.87. The second kappa shape index (κ2) is 5.62. The van der Waals surface area contributed by atoms with Crippen LogP contribution in [0.4, 0.5) is 0 Å². The van der Waals surface area contributed by atoms with Crippen molar-refractivity contribution in [3.05, 3.63) is 46.6 Å². The van der Waals surface area contributed by atoms with E-state index in [0.29, 0.717) is 16.7 Å². The first-order chi connectivity index (χ1) is 10.1. The summed E-state index contributed by atoms with van der Waals surface area (Å²) < 4.78 is 5.31. The molecule has 0 spiro atoms. The highest BCUT2D eigenvalue weighted by molar-refractivity contribution is 6.32. The Hall–Kier alpha value is -1.65. The first-order valence-electron chi connectivity index (χ1n) is 7.15. The molecule has 21 heavy (non-hydrogen) atoms. The first kappa shape index (κ1) is 14.3. The molecule has 3 rings (SSSR count). The molecule has 0 aliphatic heterocycles. The van der Waals surface area contributed by atoms with Crippen LogP contribution in [0, 0.1) is 0 Å². The largest absolute Gasteiger partial charge is 0.335 e. The van der Waals surface area contributed by atoms with Gasteiger partial charge in [0.1, 0.15) is 0 Å². The van der Waals surface area contributed by atoms with Crippen LogP contribution in [-0.4, -0.2) is 10.1 Å². The molecule has 1 heterocycles. The predicted molar refractivity (Wildman–Crippen MR) is 83.6 cm³/mol. The Labute approximate surface area is 129 Å². The van der Waals surface area contributed by atoms with Gasteiger partial charge in [0.05, 0.1) is 5.54 Å². The van der Waals surface area contributed by atoms with Crippen molar-refractivity contribution >= 4 is 23.3 Å². The summed E-state index contributed by atoms with van der Waals surface area (Å²) in [4.78, 5) is 4.44. The minimum absolute atomic E-state index is 0.423. The van der Waals surface area contributed by atoms with E-state index in [1.807, 2.05) is 37.3 Å². The monoisotopic (exact) mass is 303 g/mol. The van der Waals surface area contributed by atoms with Gasteiger partial charge in [0.2, 0.25) is 0 Å². The lowest BCUT2D eigenvalue weighted by Gasteiger charge is -2.17. The molecule has 0 saturated heterocycles. The number of benzene rings is 1. The molecule has 0 unspecified atom stereocenters. The summed E-state index contributed by atoms with van der Waals surface area (Å²) in [5, 5.41) is 4.76. The minimum atomic E-state index is -0.423. The number of allylic oxidation sites excluding steroid dienone is 1. The Bertz CT molecular complexity index is 672. The average molecular weight is 304 g/mol. The molecule has 0 amide bonds. The van der Waals surface area contributed by atoms with Crippen LogP contribution in [0.5, 0.6) is 0 Å². The molecule has 0 bridgehead atoms. The van der Waals surface area contributed by atoms with Crippen molar-refractivity contribution in [2.24, 2.45) is 5.73 Å². The second-order valence-electron chi connectivity index (χ2n) is 5.63. The lowest BCUT2D eigenvalue weighted by Crippen LogP contribution is -2.34. The van der Waals surface area contributed by atoms with Crippen molar-refractivity contribution in [1.29, 1.82) is 0 Å². The van der Waals surface area contributed by atoms with Crippen molar-refractivity contribution in [1.82, 2.24) is 10.1 Å². The normalized spacial score (nSPS) is 18.1.